The van der Waals surface area contributed by atoms with Gasteiger partial charge in [0.1, 0.15) is 12.7 Å². The van der Waals surface area contributed by atoms with E-state index in [0.29, 0.717) is 29.7 Å². The Morgan fingerprint density at radius 2 is 2.14 bits per heavy atom. The number of carbonyl (C=O) groups is 1. The maximum atomic E-state index is 11.4. The SMILES string of the molecule is CC(=O)c1cc2cccc(OC[C@@H](O)CNC(C)C)c2o1.Cl. The number of fused-ring (bicyclic) bond motifs is 1. The zero-order valence-corrected chi connectivity index (χ0v) is 13.8. The summed E-state index contributed by atoms with van der Waals surface area (Å²) in [6, 6.07) is 7.45. The van der Waals surface area contributed by atoms with E-state index in [9.17, 15) is 9.90 Å². The lowest BCUT2D eigenvalue weighted by Gasteiger charge is -2.15. The van der Waals surface area contributed by atoms with Crippen molar-refractivity contribution >= 4 is 29.2 Å². The van der Waals surface area contributed by atoms with Crippen molar-refractivity contribution < 1.29 is 19.1 Å². The van der Waals surface area contributed by atoms with Crippen molar-refractivity contribution in [3.05, 3.63) is 30.0 Å². The van der Waals surface area contributed by atoms with E-state index in [1.54, 1.807) is 12.1 Å². The van der Waals surface area contributed by atoms with Crippen LogP contribution in [-0.4, -0.2) is 36.2 Å². The number of furan rings is 1. The second-order valence-electron chi connectivity index (χ2n) is 5.37. The number of hydrogen-bond acceptors (Lipinski definition) is 5. The second kappa shape index (κ2) is 8.17. The van der Waals surface area contributed by atoms with Gasteiger partial charge in [-0.2, -0.15) is 0 Å². The van der Waals surface area contributed by atoms with Crippen LogP contribution < -0.4 is 10.1 Å². The minimum Gasteiger partial charge on any atom is -0.487 e. The molecule has 0 spiro atoms. The van der Waals surface area contributed by atoms with Gasteiger partial charge >= 0.3 is 0 Å². The molecule has 5 nitrogen and oxygen atoms in total. The Balaban J connectivity index is 0.00000242. The van der Waals surface area contributed by atoms with Crippen LogP contribution in [0.4, 0.5) is 0 Å². The molecule has 0 saturated heterocycles. The molecule has 6 heteroatoms. The van der Waals surface area contributed by atoms with Crippen LogP contribution >= 0.6 is 12.4 Å². The number of aliphatic hydroxyl groups excluding tert-OH is 1. The molecule has 0 radical (unpaired) electrons. The van der Waals surface area contributed by atoms with E-state index < -0.39 is 6.10 Å². The number of para-hydroxylation sites is 1. The molecule has 1 atom stereocenters. The van der Waals surface area contributed by atoms with Gasteiger partial charge < -0.3 is 19.6 Å². The van der Waals surface area contributed by atoms with Gasteiger partial charge in [0, 0.05) is 24.9 Å². The average molecular weight is 328 g/mol. The molecule has 0 amide bonds. The number of ketones is 1. The van der Waals surface area contributed by atoms with Gasteiger partial charge in [-0.25, -0.2) is 0 Å². The minimum atomic E-state index is -0.607. The molecule has 0 fully saturated rings. The molecule has 0 aliphatic heterocycles. The molecule has 1 aromatic heterocycles. The predicted octanol–water partition coefficient (Wildman–Crippen LogP) is 2.79. The van der Waals surface area contributed by atoms with E-state index in [1.807, 2.05) is 26.0 Å². The maximum absolute atomic E-state index is 11.4. The number of Topliss-reactive ketones (excluding diaryl/α,β-unsaturated/α-hetero) is 1. The fourth-order valence-corrected chi connectivity index (χ4v) is 1.94. The molecule has 1 heterocycles. The third-order valence-corrected chi connectivity index (χ3v) is 3.05. The molecule has 22 heavy (non-hydrogen) atoms. The van der Waals surface area contributed by atoms with E-state index >= 15 is 0 Å². The largest absolute Gasteiger partial charge is 0.487 e. The van der Waals surface area contributed by atoms with Gasteiger partial charge in [0.05, 0.1) is 0 Å². The Morgan fingerprint density at radius 3 is 2.77 bits per heavy atom. The number of carbonyl (C=O) groups excluding carboxylic acids is 1. The monoisotopic (exact) mass is 327 g/mol. The second-order valence-corrected chi connectivity index (χ2v) is 5.37. The van der Waals surface area contributed by atoms with Crippen molar-refractivity contribution in [3.63, 3.8) is 0 Å². The molecule has 0 aliphatic carbocycles. The van der Waals surface area contributed by atoms with Crippen molar-refractivity contribution in [2.24, 2.45) is 0 Å². The average Bonchev–Trinajstić information content (AvgIpc) is 2.87. The Labute approximate surface area is 136 Å². The summed E-state index contributed by atoms with van der Waals surface area (Å²) in [6.07, 6.45) is -0.607. The molecule has 1 aromatic carbocycles. The van der Waals surface area contributed by atoms with Crippen molar-refractivity contribution in [2.75, 3.05) is 13.2 Å². The lowest BCUT2D eigenvalue weighted by Crippen LogP contribution is -2.35. The molecule has 2 rings (SSSR count). The minimum absolute atomic E-state index is 0. The first-order valence-electron chi connectivity index (χ1n) is 7.05. The molecule has 2 N–H and O–H groups in total. The van der Waals surface area contributed by atoms with Crippen molar-refractivity contribution in [2.45, 2.75) is 32.9 Å². The lowest BCUT2D eigenvalue weighted by atomic mass is 10.2. The van der Waals surface area contributed by atoms with Crippen LogP contribution in [0.3, 0.4) is 0 Å². The van der Waals surface area contributed by atoms with E-state index in [1.165, 1.54) is 6.92 Å². The summed E-state index contributed by atoms with van der Waals surface area (Å²) in [5, 5.41) is 13.8. The summed E-state index contributed by atoms with van der Waals surface area (Å²) < 4.78 is 11.1. The van der Waals surface area contributed by atoms with Crippen LogP contribution in [0.25, 0.3) is 11.0 Å². The van der Waals surface area contributed by atoms with Crippen LogP contribution in [0.5, 0.6) is 5.75 Å². The molecule has 0 unspecified atom stereocenters. The molecule has 0 bridgehead atoms. The first-order valence-corrected chi connectivity index (χ1v) is 7.05. The summed E-state index contributed by atoms with van der Waals surface area (Å²) in [5.74, 6) is 0.713. The summed E-state index contributed by atoms with van der Waals surface area (Å²) in [5.41, 5.74) is 0.534. The summed E-state index contributed by atoms with van der Waals surface area (Å²) in [7, 11) is 0. The number of ether oxygens (including phenoxy) is 1. The standard InChI is InChI=1S/C16H21NO4.ClH/c1-10(2)17-8-13(19)9-20-14-6-4-5-12-7-15(11(3)18)21-16(12)14;/h4-7,10,13,17,19H,8-9H2,1-3H3;1H/t13-;/m0./s1. The van der Waals surface area contributed by atoms with Gasteiger partial charge in [0.2, 0.25) is 0 Å². The Hall–Kier alpha value is -1.56. The van der Waals surface area contributed by atoms with Gasteiger partial charge in [0.15, 0.2) is 22.9 Å². The van der Waals surface area contributed by atoms with Crippen LogP contribution in [-0.2, 0) is 0 Å². The number of rotatable bonds is 7. The van der Waals surface area contributed by atoms with Crippen molar-refractivity contribution in [1.29, 1.82) is 0 Å². The van der Waals surface area contributed by atoms with E-state index in [0.717, 1.165) is 5.39 Å². The Bertz CT molecular complexity index is 624. The Kier molecular flexibility index (Phi) is 6.87. The first kappa shape index (κ1) is 18.5. The number of benzene rings is 1. The Morgan fingerprint density at radius 1 is 1.41 bits per heavy atom. The number of hydrogen-bond donors (Lipinski definition) is 2. The smallest absolute Gasteiger partial charge is 0.194 e. The highest BCUT2D eigenvalue weighted by Gasteiger charge is 2.13. The summed E-state index contributed by atoms with van der Waals surface area (Å²) in [6.45, 7) is 6.11. The fourth-order valence-electron chi connectivity index (χ4n) is 1.94. The predicted molar refractivity (Wildman–Crippen MR) is 88.1 cm³/mol. The third-order valence-electron chi connectivity index (χ3n) is 3.05. The van der Waals surface area contributed by atoms with E-state index in [4.69, 9.17) is 9.15 Å². The molecule has 0 aliphatic rings. The quantitative estimate of drug-likeness (QED) is 0.765. The molecule has 0 saturated carbocycles. The van der Waals surface area contributed by atoms with E-state index in [2.05, 4.69) is 5.32 Å². The lowest BCUT2D eigenvalue weighted by molar-refractivity contribution is 0.0985. The summed E-state index contributed by atoms with van der Waals surface area (Å²) >= 11 is 0. The molecular formula is C16H22ClNO4. The number of halogens is 1. The van der Waals surface area contributed by atoms with Crippen molar-refractivity contribution in [1.82, 2.24) is 5.32 Å². The van der Waals surface area contributed by atoms with Crippen LogP contribution in [0.1, 0.15) is 31.3 Å². The van der Waals surface area contributed by atoms with Gasteiger partial charge in [0.25, 0.3) is 0 Å². The number of aliphatic hydroxyl groups is 1. The zero-order valence-electron chi connectivity index (χ0n) is 13.0. The maximum Gasteiger partial charge on any atom is 0.194 e. The van der Waals surface area contributed by atoms with Crippen LogP contribution in [0, 0.1) is 0 Å². The topological polar surface area (TPSA) is 71.7 Å². The highest BCUT2D eigenvalue weighted by molar-refractivity contribution is 5.97. The third kappa shape index (κ3) is 4.73. The van der Waals surface area contributed by atoms with Crippen LogP contribution in [0.15, 0.2) is 28.7 Å². The zero-order chi connectivity index (χ0) is 15.4. The van der Waals surface area contributed by atoms with Crippen molar-refractivity contribution in [3.8, 4) is 5.75 Å². The van der Waals surface area contributed by atoms with Gasteiger partial charge in [-0.15, -0.1) is 12.4 Å². The van der Waals surface area contributed by atoms with Crippen LogP contribution in [0.2, 0.25) is 0 Å². The van der Waals surface area contributed by atoms with E-state index in [-0.39, 0.29) is 24.8 Å². The molecular weight excluding hydrogens is 306 g/mol. The fraction of sp³-hybridized carbons (Fsp3) is 0.438. The highest BCUT2D eigenvalue weighted by Crippen LogP contribution is 2.29. The van der Waals surface area contributed by atoms with Gasteiger partial charge in [-0.05, 0) is 12.1 Å². The molecule has 122 valence electrons. The normalized spacial score (nSPS) is 12.2. The summed E-state index contributed by atoms with van der Waals surface area (Å²) in [4.78, 5) is 11.4. The first-order chi connectivity index (χ1) is 9.97. The van der Waals surface area contributed by atoms with Gasteiger partial charge in [-0.3, -0.25) is 4.79 Å². The number of nitrogens with one attached hydrogen (secondary N) is 1. The highest BCUT2D eigenvalue weighted by atomic mass is 35.5. The van der Waals surface area contributed by atoms with Gasteiger partial charge in [-0.1, -0.05) is 26.0 Å². The molecule has 2 aromatic rings.